The molecule has 1 amide bonds. The van der Waals surface area contributed by atoms with Gasteiger partial charge in [0.05, 0.1) is 6.10 Å². The molecule has 20 heavy (non-hydrogen) atoms. The Bertz CT molecular complexity index is 443. The summed E-state index contributed by atoms with van der Waals surface area (Å²) in [6.45, 7) is 1.97. The molecule has 0 aliphatic heterocycles. The maximum Gasteiger partial charge on any atom is 0.573 e. The van der Waals surface area contributed by atoms with Gasteiger partial charge in [-0.2, -0.15) is 0 Å². The molecule has 0 spiro atoms. The molecule has 1 N–H and O–H groups in total. The standard InChI is InChI=1S/C13H16F3NO3/c1-9(18)7-8-17(2)12(19)10-3-5-11(6-4-10)20-13(14,15)16/h3-6,9,18H,7-8H2,1-2H3. The van der Waals surface area contributed by atoms with Gasteiger partial charge in [-0.3, -0.25) is 4.79 Å². The smallest absolute Gasteiger partial charge is 0.406 e. The van der Waals surface area contributed by atoms with Crippen LogP contribution in [0.15, 0.2) is 24.3 Å². The molecule has 112 valence electrons. The van der Waals surface area contributed by atoms with Gasteiger partial charge < -0.3 is 14.7 Å². The first-order valence-corrected chi connectivity index (χ1v) is 5.98. The number of aliphatic hydroxyl groups excluding tert-OH is 1. The fourth-order valence-electron chi connectivity index (χ4n) is 1.50. The number of rotatable bonds is 5. The van der Waals surface area contributed by atoms with Crippen LogP contribution in [0.1, 0.15) is 23.7 Å². The third kappa shape index (κ3) is 5.48. The number of ether oxygens (including phenoxy) is 1. The van der Waals surface area contributed by atoms with Crippen LogP contribution in [0.4, 0.5) is 13.2 Å². The Morgan fingerprint density at radius 3 is 2.35 bits per heavy atom. The molecule has 0 aliphatic carbocycles. The molecular formula is C13H16F3NO3. The summed E-state index contributed by atoms with van der Waals surface area (Å²) in [6, 6.07) is 4.71. The van der Waals surface area contributed by atoms with E-state index in [0.29, 0.717) is 13.0 Å². The quantitative estimate of drug-likeness (QED) is 0.906. The molecule has 0 aromatic heterocycles. The first kappa shape index (κ1) is 16.3. The molecule has 1 aromatic rings. The van der Waals surface area contributed by atoms with Crippen molar-refractivity contribution >= 4 is 5.91 Å². The lowest BCUT2D eigenvalue weighted by atomic mass is 10.2. The van der Waals surface area contributed by atoms with Crippen LogP contribution in [-0.2, 0) is 0 Å². The highest BCUT2D eigenvalue weighted by Crippen LogP contribution is 2.23. The first-order chi connectivity index (χ1) is 9.19. The molecule has 1 atom stereocenters. The second-order valence-corrected chi connectivity index (χ2v) is 4.44. The van der Waals surface area contributed by atoms with Crippen molar-refractivity contribution in [2.75, 3.05) is 13.6 Å². The number of amides is 1. The van der Waals surface area contributed by atoms with Gasteiger partial charge in [0, 0.05) is 19.2 Å². The minimum atomic E-state index is -4.75. The van der Waals surface area contributed by atoms with Crippen molar-refractivity contribution < 1.29 is 27.8 Å². The zero-order valence-electron chi connectivity index (χ0n) is 11.1. The molecule has 1 rings (SSSR count). The SMILES string of the molecule is CC(O)CCN(C)C(=O)c1ccc(OC(F)(F)F)cc1. The predicted molar refractivity (Wildman–Crippen MR) is 66.4 cm³/mol. The second-order valence-electron chi connectivity index (χ2n) is 4.44. The van der Waals surface area contributed by atoms with Crippen molar-refractivity contribution in [2.24, 2.45) is 0 Å². The summed E-state index contributed by atoms with van der Waals surface area (Å²) >= 11 is 0. The van der Waals surface area contributed by atoms with E-state index in [1.807, 2.05) is 0 Å². The number of halogens is 3. The highest BCUT2D eigenvalue weighted by atomic mass is 19.4. The molecule has 0 saturated carbocycles. The van der Waals surface area contributed by atoms with E-state index in [1.165, 1.54) is 17.0 Å². The van der Waals surface area contributed by atoms with Crippen LogP contribution in [0, 0.1) is 0 Å². The summed E-state index contributed by atoms with van der Waals surface area (Å²) in [6.07, 6.45) is -4.84. The van der Waals surface area contributed by atoms with E-state index in [2.05, 4.69) is 4.74 Å². The summed E-state index contributed by atoms with van der Waals surface area (Å²) in [4.78, 5) is 13.3. The lowest BCUT2D eigenvalue weighted by Gasteiger charge is -2.18. The van der Waals surface area contributed by atoms with Crippen LogP contribution in [0.2, 0.25) is 0 Å². The normalized spacial score (nSPS) is 12.9. The van der Waals surface area contributed by atoms with Crippen LogP contribution < -0.4 is 4.74 Å². The number of carbonyl (C=O) groups is 1. The monoisotopic (exact) mass is 291 g/mol. The number of hydrogen-bond donors (Lipinski definition) is 1. The van der Waals surface area contributed by atoms with E-state index < -0.39 is 12.5 Å². The summed E-state index contributed by atoms with van der Waals surface area (Å²) in [7, 11) is 1.56. The molecule has 1 unspecified atom stereocenters. The number of aliphatic hydroxyl groups is 1. The van der Waals surface area contributed by atoms with Gasteiger partial charge in [0.1, 0.15) is 5.75 Å². The molecule has 0 radical (unpaired) electrons. The van der Waals surface area contributed by atoms with Crippen LogP contribution in [0.25, 0.3) is 0 Å². The van der Waals surface area contributed by atoms with Crippen LogP contribution >= 0.6 is 0 Å². The number of nitrogens with zero attached hydrogens (tertiary/aromatic N) is 1. The van der Waals surface area contributed by atoms with Crippen LogP contribution in [0.3, 0.4) is 0 Å². The minimum absolute atomic E-state index is 0.257. The Hall–Kier alpha value is -1.76. The second kappa shape index (κ2) is 6.60. The molecular weight excluding hydrogens is 275 g/mol. The molecule has 7 heteroatoms. The average molecular weight is 291 g/mol. The Morgan fingerprint density at radius 2 is 1.90 bits per heavy atom. The fourth-order valence-corrected chi connectivity index (χ4v) is 1.50. The summed E-state index contributed by atoms with van der Waals surface area (Å²) < 4.78 is 39.7. The Morgan fingerprint density at radius 1 is 1.35 bits per heavy atom. The Kier molecular flexibility index (Phi) is 5.38. The predicted octanol–water partition coefficient (Wildman–Crippen LogP) is 2.43. The van der Waals surface area contributed by atoms with Gasteiger partial charge in [0.15, 0.2) is 0 Å². The number of carbonyl (C=O) groups excluding carboxylic acids is 1. The lowest BCUT2D eigenvalue weighted by Crippen LogP contribution is -2.29. The maximum absolute atomic E-state index is 12.0. The summed E-state index contributed by atoms with van der Waals surface area (Å²) in [5, 5.41) is 9.14. The zero-order chi connectivity index (χ0) is 15.3. The highest BCUT2D eigenvalue weighted by Gasteiger charge is 2.31. The molecule has 0 saturated heterocycles. The van der Waals surface area contributed by atoms with E-state index >= 15 is 0 Å². The van der Waals surface area contributed by atoms with Crippen molar-refractivity contribution in [3.8, 4) is 5.75 Å². The fraction of sp³-hybridized carbons (Fsp3) is 0.462. The largest absolute Gasteiger partial charge is 0.573 e. The van der Waals surface area contributed by atoms with Gasteiger partial charge in [-0.05, 0) is 37.6 Å². The van der Waals surface area contributed by atoms with E-state index in [4.69, 9.17) is 5.11 Å². The first-order valence-electron chi connectivity index (χ1n) is 5.98. The minimum Gasteiger partial charge on any atom is -0.406 e. The van der Waals surface area contributed by atoms with Gasteiger partial charge in [-0.1, -0.05) is 0 Å². The molecule has 4 nitrogen and oxygen atoms in total. The van der Waals surface area contributed by atoms with Crippen molar-refractivity contribution in [1.29, 1.82) is 0 Å². The maximum atomic E-state index is 12.0. The number of hydrogen-bond acceptors (Lipinski definition) is 3. The highest BCUT2D eigenvalue weighted by molar-refractivity contribution is 5.94. The van der Waals surface area contributed by atoms with E-state index in [1.54, 1.807) is 14.0 Å². The van der Waals surface area contributed by atoms with E-state index in [0.717, 1.165) is 12.1 Å². The molecule has 0 bridgehead atoms. The van der Waals surface area contributed by atoms with Crippen molar-refractivity contribution in [3.05, 3.63) is 29.8 Å². The molecule has 0 aliphatic rings. The van der Waals surface area contributed by atoms with Crippen LogP contribution in [0.5, 0.6) is 5.75 Å². The lowest BCUT2D eigenvalue weighted by molar-refractivity contribution is -0.274. The third-order valence-corrected chi connectivity index (χ3v) is 2.56. The van der Waals surface area contributed by atoms with Gasteiger partial charge in [-0.25, -0.2) is 0 Å². The van der Waals surface area contributed by atoms with E-state index in [9.17, 15) is 18.0 Å². The number of benzene rings is 1. The summed E-state index contributed by atoms with van der Waals surface area (Å²) in [5.74, 6) is -0.704. The van der Waals surface area contributed by atoms with Gasteiger partial charge in [0.2, 0.25) is 0 Å². The Balaban J connectivity index is 2.65. The third-order valence-electron chi connectivity index (χ3n) is 2.56. The van der Waals surface area contributed by atoms with Gasteiger partial charge in [-0.15, -0.1) is 13.2 Å². The topological polar surface area (TPSA) is 49.8 Å². The Labute approximate surface area is 114 Å². The zero-order valence-corrected chi connectivity index (χ0v) is 11.1. The van der Waals surface area contributed by atoms with Crippen LogP contribution in [-0.4, -0.2) is 42.0 Å². The number of alkyl halides is 3. The summed E-state index contributed by atoms with van der Waals surface area (Å²) in [5.41, 5.74) is 0.257. The molecule has 0 fully saturated rings. The van der Waals surface area contributed by atoms with Crippen molar-refractivity contribution in [2.45, 2.75) is 25.8 Å². The van der Waals surface area contributed by atoms with Gasteiger partial charge in [0.25, 0.3) is 5.91 Å². The van der Waals surface area contributed by atoms with Crippen molar-refractivity contribution in [1.82, 2.24) is 4.90 Å². The molecule has 1 aromatic carbocycles. The van der Waals surface area contributed by atoms with Gasteiger partial charge >= 0.3 is 6.36 Å². The van der Waals surface area contributed by atoms with E-state index in [-0.39, 0.29) is 17.2 Å². The molecule has 0 heterocycles. The van der Waals surface area contributed by atoms with Crippen molar-refractivity contribution in [3.63, 3.8) is 0 Å². The average Bonchev–Trinajstić information content (AvgIpc) is 2.34.